The lowest BCUT2D eigenvalue weighted by molar-refractivity contribution is -0.166. The SMILES string of the molecule is CC[C@H](C)[C@@H]1NC(=O)CNC(=O)[C@@H]2Cc3c4[nH]c5cc(ccc35)OC(CCCSSC(C)(C)CCNC(C)C)(C(=O)[C@H](CC(N)=O)NC(=O)C(C[S@]4=O)NC(=O)CNC1=O)N1CC(O)C[C@H]1C(=O)N[C@@H]([C@@H](C)[C@@H](O)CO)C(=O)N2. The van der Waals surface area contributed by atoms with Gasteiger partial charge in [-0.3, -0.25) is 47.4 Å². The lowest BCUT2D eigenvalue weighted by Gasteiger charge is -2.45. The Bertz CT molecular complexity index is 2640. The number of amides is 8. The Morgan fingerprint density at radius 2 is 1.62 bits per heavy atom. The highest BCUT2D eigenvalue weighted by Crippen LogP contribution is 2.42. The number of aliphatic hydroxyl groups excluding tert-OH is 3. The largest absolute Gasteiger partial charge is 0.465 e. The summed E-state index contributed by atoms with van der Waals surface area (Å²) in [6.45, 7) is 11.1. The summed E-state index contributed by atoms with van der Waals surface area (Å²) in [6.07, 6.45) is -3.60. The molecule has 1 aromatic carbocycles. The third kappa shape index (κ3) is 15.8. The van der Waals surface area contributed by atoms with Gasteiger partial charge in [0.05, 0.1) is 66.4 Å². The topological polar surface area (TPSA) is 382 Å². The van der Waals surface area contributed by atoms with Crippen LogP contribution in [-0.2, 0) is 60.4 Å². The molecule has 8 amide bonds. The van der Waals surface area contributed by atoms with Crippen LogP contribution in [-0.4, -0.2) is 192 Å². The number of nitrogens with two attached hydrogens (primary N) is 1. The van der Waals surface area contributed by atoms with Crippen molar-refractivity contribution in [2.75, 3.05) is 44.3 Å². The van der Waals surface area contributed by atoms with Crippen LogP contribution in [0.1, 0.15) is 92.6 Å². The Kier molecular flexibility index (Phi) is 21.8. The number of Topliss-reactive ketones (excluding diaryl/α,β-unsaturated/α-hetero) is 1. The third-order valence-corrected chi connectivity index (χ3v) is 19.6. The van der Waals surface area contributed by atoms with Gasteiger partial charge in [0.1, 0.15) is 41.0 Å². The number of hydrogen-bond acceptors (Lipinski definition) is 18. The highest BCUT2D eigenvalue weighted by Gasteiger charge is 2.57. The van der Waals surface area contributed by atoms with E-state index in [2.05, 4.69) is 75.2 Å². The number of nitrogens with zero attached hydrogens (tertiary/aromatic N) is 1. The Balaban J connectivity index is 1.62. The molecule has 2 aromatic rings. The Morgan fingerprint density at radius 3 is 2.29 bits per heavy atom. The molecule has 79 heavy (non-hydrogen) atoms. The summed E-state index contributed by atoms with van der Waals surface area (Å²) < 4.78 is 21.8. The molecule has 8 bridgehead atoms. The van der Waals surface area contributed by atoms with Crippen molar-refractivity contribution < 1.29 is 67.4 Å². The van der Waals surface area contributed by atoms with Crippen LogP contribution in [0, 0.1) is 11.8 Å². The fourth-order valence-electron chi connectivity index (χ4n) is 10.0. The van der Waals surface area contributed by atoms with Gasteiger partial charge in [0.25, 0.3) is 0 Å². The van der Waals surface area contributed by atoms with Crippen molar-refractivity contribution in [3.8, 4) is 5.75 Å². The number of aliphatic hydroxyl groups is 3. The average Bonchev–Trinajstić information content (AvgIpc) is 4.14. The monoisotopic (exact) mass is 1160 g/mol. The second kappa shape index (κ2) is 27.4. The zero-order chi connectivity index (χ0) is 58.1. The molecule has 0 radical (unpaired) electrons. The van der Waals surface area contributed by atoms with Crippen molar-refractivity contribution in [3.63, 3.8) is 0 Å². The maximum atomic E-state index is 16.1. The van der Waals surface area contributed by atoms with Crippen molar-refractivity contribution in [1.82, 2.24) is 52.4 Å². The summed E-state index contributed by atoms with van der Waals surface area (Å²) >= 11 is 0. The molecule has 1 saturated heterocycles. The van der Waals surface area contributed by atoms with Crippen LogP contribution in [0.3, 0.4) is 0 Å². The van der Waals surface area contributed by atoms with Crippen LogP contribution < -0.4 is 53.0 Å². The van der Waals surface area contributed by atoms with Crippen molar-refractivity contribution in [3.05, 3.63) is 23.8 Å². The summed E-state index contributed by atoms with van der Waals surface area (Å²) in [6, 6.07) is -5.11. The van der Waals surface area contributed by atoms with E-state index in [-0.39, 0.29) is 51.9 Å². The smallest absolute Gasteiger partial charge is 0.244 e. The summed E-state index contributed by atoms with van der Waals surface area (Å²) in [5.41, 5.74) is 3.81. The number of primary amides is 1. The van der Waals surface area contributed by atoms with Crippen molar-refractivity contribution >= 4 is 96.3 Å². The Morgan fingerprint density at radius 1 is 0.924 bits per heavy atom. The van der Waals surface area contributed by atoms with Crippen LogP contribution >= 0.6 is 21.6 Å². The first kappa shape index (κ1) is 62.8. The van der Waals surface area contributed by atoms with Crippen LogP contribution in [0.4, 0.5) is 0 Å². The van der Waals surface area contributed by atoms with Gasteiger partial charge in [-0.15, -0.1) is 0 Å². The van der Waals surface area contributed by atoms with Crippen molar-refractivity contribution in [2.45, 2.75) is 163 Å². The summed E-state index contributed by atoms with van der Waals surface area (Å²) in [5.74, 6) is -11.0. The highest BCUT2D eigenvalue weighted by atomic mass is 33.1. The van der Waals surface area contributed by atoms with Crippen molar-refractivity contribution in [1.29, 1.82) is 0 Å². The number of aromatic amines is 1. The minimum Gasteiger partial charge on any atom is -0.465 e. The number of fused-ring (bicyclic) bond motifs is 7. The van der Waals surface area contributed by atoms with E-state index >= 15 is 9.59 Å². The van der Waals surface area contributed by atoms with Gasteiger partial charge in [-0.2, -0.15) is 0 Å². The van der Waals surface area contributed by atoms with E-state index in [0.29, 0.717) is 17.6 Å². The van der Waals surface area contributed by atoms with Gasteiger partial charge in [-0.05, 0) is 63.3 Å². The molecule has 25 nitrogen and oxygen atoms in total. The summed E-state index contributed by atoms with van der Waals surface area (Å²) in [5, 5.41) is 54.4. The lowest BCUT2D eigenvalue weighted by Crippen LogP contribution is -2.68. The maximum Gasteiger partial charge on any atom is 0.244 e. The van der Waals surface area contributed by atoms with E-state index in [1.54, 1.807) is 30.7 Å². The van der Waals surface area contributed by atoms with E-state index in [1.807, 2.05) is 0 Å². The number of carbonyl (C=O) groups excluding carboxylic acids is 9. The number of rotatable bonds is 17. The number of nitrogens with one attached hydrogen (secondary N) is 9. The maximum absolute atomic E-state index is 16.1. The Labute approximate surface area is 468 Å². The molecule has 0 saturated carbocycles. The number of aromatic nitrogens is 1. The first-order valence-corrected chi connectivity index (χ1v) is 30.3. The van der Waals surface area contributed by atoms with E-state index in [1.165, 1.54) is 34.8 Å². The molecule has 5 aliphatic heterocycles. The van der Waals surface area contributed by atoms with Crippen LogP contribution in [0.15, 0.2) is 23.2 Å². The molecule has 12 atom stereocenters. The third-order valence-electron chi connectivity index (χ3n) is 14.7. The summed E-state index contributed by atoms with van der Waals surface area (Å²) in [7, 11) is 0.789. The lowest BCUT2D eigenvalue weighted by atomic mass is 9.90. The molecule has 438 valence electrons. The quantitative estimate of drug-likeness (QED) is 0.0592. The standard InChI is InChI=1S/C51H77N11O14S3/c1-8-26(4)41-47(73)55-20-39(67)56-35-24-79(75)49-31-18-34(44(70)54-21-40(68)60-41)58-48(74)42(27(5)37(65)23-63)61-46(72)36-16-28(64)22-62(36)51(43(69)33(19-38(52)66)57-45(35)71,76-29-10-11-30(31)32(17-29)59-49)12-9-15-77-78-50(6,7)13-14-53-25(2)3/h10-11,17,25-28,33-37,41-42,53,59,63-65H,8-9,12-16,18-24H2,1-7H3,(H2,52,66)(H,54,70)(H,55,73)(H,56,67)(H,57,71)(H,58,74)(H,60,68)(H,61,72)/t26-,27-,28?,33-,34-,35?,36-,37-,41-,42-,51?,79+/m0/s1. The zero-order valence-electron chi connectivity index (χ0n) is 45.6. The number of ketones is 1. The van der Waals surface area contributed by atoms with Gasteiger partial charge in [0.15, 0.2) is 0 Å². The number of carbonyl (C=O) groups is 9. The second-order valence-electron chi connectivity index (χ2n) is 21.7. The van der Waals surface area contributed by atoms with Crippen molar-refractivity contribution in [2.24, 2.45) is 17.6 Å². The van der Waals surface area contributed by atoms with Gasteiger partial charge in [0, 0.05) is 53.3 Å². The fraction of sp³-hybridized carbons (Fsp3) is 0.667. The van der Waals surface area contributed by atoms with Gasteiger partial charge in [-0.25, -0.2) is 4.90 Å². The number of hydrogen-bond donors (Lipinski definition) is 13. The van der Waals surface area contributed by atoms with Gasteiger partial charge in [-0.1, -0.05) is 62.6 Å². The number of H-pyrrole nitrogens is 1. The van der Waals surface area contributed by atoms with E-state index in [0.717, 1.165) is 13.0 Å². The molecule has 1 fully saturated rings. The zero-order valence-corrected chi connectivity index (χ0v) is 48.0. The molecule has 0 aliphatic carbocycles. The minimum atomic E-state index is -2.38. The predicted molar refractivity (Wildman–Crippen MR) is 295 cm³/mol. The van der Waals surface area contributed by atoms with Crippen LogP contribution in [0.25, 0.3) is 10.9 Å². The van der Waals surface area contributed by atoms with Crippen LogP contribution in [0.2, 0.25) is 0 Å². The fourth-order valence-corrected chi connectivity index (χ4v) is 14.1. The Hall–Kier alpha value is -5.36. The molecule has 5 aliphatic rings. The molecule has 7 rings (SSSR count). The molecule has 28 heteroatoms. The number of benzene rings is 1. The normalized spacial score (nSPS) is 28.2. The van der Waals surface area contributed by atoms with E-state index in [9.17, 15) is 53.1 Å². The summed E-state index contributed by atoms with van der Waals surface area (Å²) in [4.78, 5) is 134. The first-order valence-electron chi connectivity index (χ1n) is 26.7. The van der Waals surface area contributed by atoms with Crippen LogP contribution in [0.5, 0.6) is 5.75 Å². The molecule has 1 aromatic heterocycles. The predicted octanol–water partition coefficient (Wildman–Crippen LogP) is -2.17. The van der Waals surface area contributed by atoms with Gasteiger partial charge >= 0.3 is 0 Å². The molecular formula is C51H77N11O14S3. The molecule has 6 heterocycles. The molecule has 3 unspecified atom stereocenters. The van der Waals surface area contributed by atoms with Gasteiger partial charge < -0.3 is 73.3 Å². The second-order valence-corrected chi connectivity index (χ2v) is 26.2. The first-order chi connectivity index (χ1) is 37.3. The number of ether oxygens (including phenoxy) is 1. The minimum absolute atomic E-state index is 0.0137. The van der Waals surface area contributed by atoms with Gasteiger partial charge in [0.2, 0.25) is 58.8 Å². The molecular weight excluding hydrogens is 1090 g/mol. The highest BCUT2D eigenvalue weighted by molar-refractivity contribution is 8.77. The van der Waals surface area contributed by atoms with E-state index < -0.39 is 175 Å². The van der Waals surface area contributed by atoms with E-state index in [4.69, 9.17) is 10.5 Å². The average molecular weight is 1160 g/mol. The molecule has 0 spiro atoms. The molecule has 14 N–H and O–H groups in total.